The van der Waals surface area contributed by atoms with E-state index in [0.717, 1.165) is 19.4 Å². The van der Waals surface area contributed by atoms with Crippen LogP contribution >= 0.6 is 31.9 Å². The Kier molecular flexibility index (Phi) is 6.87. The van der Waals surface area contributed by atoms with Crippen molar-refractivity contribution >= 4 is 44.0 Å². The molecule has 0 radical (unpaired) electrons. The Morgan fingerprint density at radius 1 is 0.917 bits per heavy atom. The third kappa shape index (κ3) is 7.21. The highest BCUT2D eigenvalue weighted by Crippen LogP contribution is 2.25. The molecule has 0 saturated heterocycles. The number of ether oxygens (including phenoxy) is 2. The Bertz CT molecular complexity index is 590. The molecule has 5 nitrogen and oxygen atoms in total. The van der Waals surface area contributed by atoms with Crippen LogP contribution in [0.1, 0.15) is 47.1 Å². The number of hydrogen-bond donors (Lipinski definition) is 0. The number of carbonyl (C=O) groups is 2. The molecule has 0 N–H and O–H groups in total. The summed E-state index contributed by atoms with van der Waals surface area (Å²) < 4.78 is 12.4. The third-order valence-electron chi connectivity index (χ3n) is 2.55. The van der Waals surface area contributed by atoms with Crippen molar-refractivity contribution in [2.24, 2.45) is 0 Å². The fourth-order valence-electron chi connectivity index (χ4n) is 1.66. The standard InChI is InChI=1S/C17H23Br2NO4/c1-16(2,3)23-14(21)20(15(22)24-17(4,5)6)10-11-7-8-12(18)13(19)9-11/h7-9H,10H2,1-6H3. The topological polar surface area (TPSA) is 55.8 Å². The molecule has 1 aromatic carbocycles. The number of benzene rings is 1. The summed E-state index contributed by atoms with van der Waals surface area (Å²) in [4.78, 5) is 25.8. The van der Waals surface area contributed by atoms with Crippen molar-refractivity contribution in [2.75, 3.05) is 0 Å². The van der Waals surface area contributed by atoms with Crippen LogP contribution < -0.4 is 0 Å². The van der Waals surface area contributed by atoms with Crippen LogP contribution in [0.15, 0.2) is 27.1 Å². The van der Waals surface area contributed by atoms with Gasteiger partial charge >= 0.3 is 12.2 Å². The summed E-state index contributed by atoms with van der Waals surface area (Å²) in [5, 5.41) is 0. The van der Waals surface area contributed by atoms with Crippen molar-refractivity contribution in [1.29, 1.82) is 0 Å². The smallest absolute Gasteiger partial charge is 0.420 e. The van der Waals surface area contributed by atoms with Crippen LogP contribution in [0.5, 0.6) is 0 Å². The minimum Gasteiger partial charge on any atom is -0.443 e. The highest BCUT2D eigenvalue weighted by Gasteiger charge is 2.31. The van der Waals surface area contributed by atoms with Gasteiger partial charge in [0.25, 0.3) is 0 Å². The minimum atomic E-state index is -0.740. The van der Waals surface area contributed by atoms with Gasteiger partial charge in [-0.05, 0) is 91.1 Å². The van der Waals surface area contributed by atoms with Gasteiger partial charge in [0.2, 0.25) is 0 Å². The molecule has 1 aromatic rings. The molecular formula is C17H23Br2NO4. The lowest BCUT2D eigenvalue weighted by atomic mass is 10.2. The molecule has 0 aliphatic carbocycles. The number of hydrogen-bond acceptors (Lipinski definition) is 4. The van der Waals surface area contributed by atoms with Crippen LogP contribution in [0, 0.1) is 0 Å². The highest BCUT2D eigenvalue weighted by molar-refractivity contribution is 9.13. The quantitative estimate of drug-likeness (QED) is 0.547. The van der Waals surface area contributed by atoms with E-state index in [2.05, 4.69) is 31.9 Å². The summed E-state index contributed by atoms with van der Waals surface area (Å²) in [6.45, 7) is 10.5. The fraction of sp³-hybridized carbons (Fsp3) is 0.529. The second-order valence-electron chi connectivity index (χ2n) is 7.30. The molecule has 0 aliphatic rings. The molecule has 0 fully saturated rings. The predicted octanol–water partition coefficient (Wildman–Crippen LogP) is 5.88. The van der Waals surface area contributed by atoms with E-state index in [0.29, 0.717) is 0 Å². The average Bonchev–Trinajstić information content (AvgIpc) is 2.35. The summed E-state index contributed by atoms with van der Waals surface area (Å²) in [6.07, 6.45) is -1.48. The van der Waals surface area contributed by atoms with E-state index in [-0.39, 0.29) is 6.54 Å². The molecule has 0 spiro atoms. The van der Waals surface area contributed by atoms with Crippen LogP contribution in [0.3, 0.4) is 0 Å². The second kappa shape index (κ2) is 7.87. The number of carbonyl (C=O) groups excluding carboxylic acids is 2. The molecule has 2 amide bonds. The number of nitrogens with zero attached hydrogens (tertiary/aromatic N) is 1. The first-order valence-electron chi connectivity index (χ1n) is 7.46. The van der Waals surface area contributed by atoms with Gasteiger partial charge in [0.05, 0.1) is 6.54 Å². The predicted molar refractivity (Wildman–Crippen MR) is 99.9 cm³/mol. The Hall–Kier alpha value is -1.08. The molecule has 0 heterocycles. The summed E-state index contributed by atoms with van der Waals surface area (Å²) in [5.74, 6) is 0. The van der Waals surface area contributed by atoms with Gasteiger partial charge in [0.15, 0.2) is 0 Å². The van der Waals surface area contributed by atoms with Gasteiger partial charge in [-0.15, -0.1) is 0 Å². The molecule has 134 valence electrons. The first-order chi connectivity index (χ1) is 10.8. The maximum atomic E-state index is 12.4. The van der Waals surface area contributed by atoms with E-state index < -0.39 is 23.4 Å². The zero-order chi connectivity index (χ0) is 18.7. The Labute approximate surface area is 159 Å². The zero-order valence-corrected chi connectivity index (χ0v) is 17.9. The summed E-state index contributed by atoms with van der Waals surface area (Å²) in [5.41, 5.74) is -0.656. The van der Waals surface area contributed by atoms with Crippen molar-refractivity contribution in [3.8, 4) is 0 Å². The van der Waals surface area contributed by atoms with Gasteiger partial charge in [-0.25, -0.2) is 14.5 Å². The number of halogens is 2. The maximum absolute atomic E-state index is 12.4. The van der Waals surface area contributed by atoms with Crippen LogP contribution in [-0.4, -0.2) is 28.3 Å². The number of rotatable bonds is 2. The van der Waals surface area contributed by atoms with E-state index in [4.69, 9.17) is 9.47 Å². The molecule has 0 bridgehead atoms. The molecule has 7 heteroatoms. The summed E-state index contributed by atoms with van der Waals surface area (Å²) in [6, 6.07) is 5.48. The van der Waals surface area contributed by atoms with Crippen molar-refractivity contribution in [3.63, 3.8) is 0 Å². The van der Waals surface area contributed by atoms with E-state index in [1.54, 1.807) is 41.5 Å². The Morgan fingerprint density at radius 2 is 1.38 bits per heavy atom. The molecular weight excluding hydrogens is 442 g/mol. The third-order valence-corrected chi connectivity index (χ3v) is 4.43. The lowest BCUT2D eigenvalue weighted by molar-refractivity contribution is -0.000247. The molecule has 0 saturated carbocycles. The van der Waals surface area contributed by atoms with Gasteiger partial charge in [0.1, 0.15) is 11.2 Å². The lowest BCUT2D eigenvalue weighted by Gasteiger charge is -2.28. The van der Waals surface area contributed by atoms with E-state index >= 15 is 0 Å². The Balaban J connectivity index is 3.05. The zero-order valence-electron chi connectivity index (χ0n) is 14.8. The monoisotopic (exact) mass is 463 g/mol. The van der Waals surface area contributed by atoms with Gasteiger partial charge < -0.3 is 9.47 Å². The molecule has 0 atom stereocenters. The van der Waals surface area contributed by atoms with E-state index in [1.807, 2.05) is 18.2 Å². The fourth-order valence-corrected chi connectivity index (χ4v) is 2.33. The highest BCUT2D eigenvalue weighted by atomic mass is 79.9. The minimum absolute atomic E-state index is 0.0513. The Morgan fingerprint density at radius 3 is 1.75 bits per heavy atom. The van der Waals surface area contributed by atoms with Gasteiger partial charge in [0, 0.05) is 8.95 Å². The van der Waals surface area contributed by atoms with Crippen molar-refractivity contribution in [3.05, 3.63) is 32.7 Å². The van der Waals surface area contributed by atoms with Crippen LogP contribution in [0.25, 0.3) is 0 Å². The SMILES string of the molecule is CC(C)(C)OC(=O)N(Cc1ccc(Br)c(Br)c1)C(=O)OC(C)(C)C. The summed E-state index contributed by atoms with van der Waals surface area (Å²) >= 11 is 6.80. The first kappa shape index (κ1) is 21.0. The van der Waals surface area contributed by atoms with Crippen molar-refractivity contribution < 1.29 is 19.1 Å². The van der Waals surface area contributed by atoms with Crippen molar-refractivity contribution in [2.45, 2.75) is 59.3 Å². The number of imide groups is 1. The first-order valence-corrected chi connectivity index (χ1v) is 9.04. The molecule has 24 heavy (non-hydrogen) atoms. The largest absolute Gasteiger partial charge is 0.443 e. The van der Waals surface area contributed by atoms with E-state index in [1.165, 1.54) is 0 Å². The lowest BCUT2D eigenvalue weighted by Crippen LogP contribution is -2.43. The van der Waals surface area contributed by atoms with Crippen molar-refractivity contribution in [1.82, 2.24) is 4.90 Å². The maximum Gasteiger partial charge on any atom is 0.420 e. The van der Waals surface area contributed by atoms with Gasteiger partial charge in [-0.2, -0.15) is 0 Å². The molecule has 0 unspecified atom stereocenters. The van der Waals surface area contributed by atoms with E-state index in [9.17, 15) is 9.59 Å². The molecule has 0 aliphatic heterocycles. The molecule has 1 rings (SSSR count). The van der Waals surface area contributed by atoms with Crippen LogP contribution in [0.4, 0.5) is 9.59 Å². The van der Waals surface area contributed by atoms with Crippen LogP contribution in [0.2, 0.25) is 0 Å². The van der Waals surface area contributed by atoms with Gasteiger partial charge in [-0.1, -0.05) is 6.07 Å². The number of amides is 2. The second-order valence-corrected chi connectivity index (χ2v) is 9.00. The average molecular weight is 465 g/mol. The molecule has 0 aromatic heterocycles. The summed E-state index contributed by atoms with van der Waals surface area (Å²) in [7, 11) is 0. The van der Waals surface area contributed by atoms with Crippen LogP contribution in [-0.2, 0) is 16.0 Å². The van der Waals surface area contributed by atoms with Gasteiger partial charge in [-0.3, -0.25) is 0 Å². The normalized spacial score (nSPS) is 11.8.